The van der Waals surface area contributed by atoms with Gasteiger partial charge < -0.3 is 30.5 Å². The molecule has 1 aliphatic rings. The fourth-order valence-electron chi connectivity index (χ4n) is 2.17. The first-order valence-corrected chi connectivity index (χ1v) is 7.12. The van der Waals surface area contributed by atoms with Crippen LogP contribution in [0.4, 0.5) is 0 Å². The molecule has 0 spiro atoms. The number of carboxylic acid groups (broad SMARTS) is 1. The van der Waals surface area contributed by atoms with E-state index in [0.29, 0.717) is 0 Å². The molecule has 0 aliphatic carbocycles. The van der Waals surface area contributed by atoms with Crippen molar-refractivity contribution in [1.82, 2.24) is 9.55 Å². The monoisotopic (exact) mass is 347 g/mol. The first kappa shape index (κ1) is 17.7. The van der Waals surface area contributed by atoms with Gasteiger partial charge in [0.2, 0.25) is 0 Å². The normalized spacial score (nSPS) is 28.7. The third-order valence-corrected chi connectivity index (χ3v) is 3.63. The highest BCUT2D eigenvalue weighted by molar-refractivity contribution is 7.71. The lowest BCUT2D eigenvalue weighted by molar-refractivity contribution is -0.141. The number of aromatic nitrogens is 2. The fraction of sp³-hybridized carbons (Fsp3) is 0.583. The Bertz CT molecular complexity index is 675. The van der Waals surface area contributed by atoms with Crippen molar-refractivity contribution in [2.75, 3.05) is 6.61 Å². The standard InChI is InChI=1S/C12H17N3O7S/c13-6(3-8(17)18)21-4-5-9(19)10(20)11(22-5)15-2-1-7(16)14-12(15)23/h1-2,5-6,9-11,19-20H,3-4,13H2,(H,17,18)(H,14,16,23)/t5-,6?,9-,10-,11-/m1/s1. The Kier molecular flexibility index (Phi) is 5.62. The third-order valence-electron chi connectivity index (χ3n) is 3.31. The molecule has 11 heteroatoms. The van der Waals surface area contributed by atoms with Crippen LogP contribution < -0.4 is 11.3 Å². The molecule has 0 radical (unpaired) electrons. The number of ether oxygens (including phenoxy) is 2. The molecule has 10 nitrogen and oxygen atoms in total. The number of hydrogen-bond donors (Lipinski definition) is 5. The summed E-state index contributed by atoms with van der Waals surface area (Å²) in [7, 11) is 0. The largest absolute Gasteiger partial charge is 0.481 e. The van der Waals surface area contributed by atoms with Crippen LogP contribution in [0.1, 0.15) is 12.6 Å². The molecule has 0 bridgehead atoms. The van der Waals surface area contributed by atoms with E-state index in [9.17, 15) is 19.8 Å². The number of aliphatic hydroxyl groups excluding tert-OH is 2. The Hall–Kier alpha value is -1.63. The first-order valence-electron chi connectivity index (χ1n) is 6.71. The van der Waals surface area contributed by atoms with E-state index >= 15 is 0 Å². The molecule has 1 unspecified atom stereocenters. The van der Waals surface area contributed by atoms with Crippen LogP contribution in [0.3, 0.4) is 0 Å². The van der Waals surface area contributed by atoms with Crippen molar-refractivity contribution in [3.05, 3.63) is 27.4 Å². The number of carbonyl (C=O) groups is 1. The zero-order valence-electron chi connectivity index (χ0n) is 11.9. The molecule has 6 N–H and O–H groups in total. The quantitative estimate of drug-likeness (QED) is 0.298. The number of aromatic amines is 1. The van der Waals surface area contributed by atoms with Crippen LogP contribution in [0.25, 0.3) is 0 Å². The molecule has 2 heterocycles. The van der Waals surface area contributed by atoms with Crippen molar-refractivity contribution in [2.45, 2.75) is 37.2 Å². The van der Waals surface area contributed by atoms with E-state index < -0.39 is 48.7 Å². The van der Waals surface area contributed by atoms with E-state index in [-0.39, 0.29) is 11.4 Å². The van der Waals surface area contributed by atoms with Crippen molar-refractivity contribution in [2.24, 2.45) is 5.73 Å². The summed E-state index contributed by atoms with van der Waals surface area (Å²) < 4.78 is 11.9. The number of nitrogens with zero attached hydrogens (tertiary/aromatic N) is 1. The average molecular weight is 347 g/mol. The highest BCUT2D eigenvalue weighted by Gasteiger charge is 2.44. The fourth-order valence-corrected chi connectivity index (χ4v) is 2.44. The highest BCUT2D eigenvalue weighted by atomic mass is 32.1. The van der Waals surface area contributed by atoms with E-state index in [2.05, 4.69) is 4.98 Å². The van der Waals surface area contributed by atoms with Gasteiger partial charge in [-0.05, 0) is 12.2 Å². The number of H-pyrrole nitrogens is 1. The molecule has 1 aromatic heterocycles. The van der Waals surface area contributed by atoms with Gasteiger partial charge in [0.15, 0.2) is 11.0 Å². The molecular weight excluding hydrogens is 330 g/mol. The van der Waals surface area contributed by atoms with E-state index in [4.69, 9.17) is 32.5 Å². The lowest BCUT2D eigenvalue weighted by Crippen LogP contribution is -2.37. The average Bonchev–Trinajstić information content (AvgIpc) is 2.73. The van der Waals surface area contributed by atoms with Gasteiger partial charge in [-0.25, -0.2) is 0 Å². The van der Waals surface area contributed by atoms with Crippen molar-refractivity contribution >= 4 is 18.2 Å². The van der Waals surface area contributed by atoms with Crippen molar-refractivity contribution in [3.63, 3.8) is 0 Å². The topological polar surface area (TPSA) is 160 Å². The molecular formula is C12H17N3O7S. The zero-order valence-corrected chi connectivity index (χ0v) is 12.7. The van der Waals surface area contributed by atoms with E-state index in [1.54, 1.807) is 0 Å². The Labute approximate surface area is 135 Å². The van der Waals surface area contributed by atoms with Gasteiger partial charge in [0.05, 0.1) is 13.0 Å². The second-order valence-corrected chi connectivity index (χ2v) is 5.42. The third kappa shape index (κ3) is 4.22. The van der Waals surface area contributed by atoms with Crippen molar-refractivity contribution in [3.8, 4) is 0 Å². The number of rotatable bonds is 6. The Morgan fingerprint density at radius 1 is 1.52 bits per heavy atom. The Balaban J connectivity index is 2.04. The summed E-state index contributed by atoms with van der Waals surface area (Å²) in [5.74, 6) is -1.12. The summed E-state index contributed by atoms with van der Waals surface area (Å²) in [6, 6.07) is 1.20. The minimum Gasteiger partial charge on any atom is -0.481 e. The molecule has 5 atom stereocenters. The SMILES string of the molecule is NC(CC(=O)O)OC[C@H]1O[C@@H](n2ccc(=O)[nH]c2=S)[C@H](O)[C@@H]1O. The summed E-state index contributed by atoms with van der Waals surface area (Å²) in [5.41, 5.74) is 5.05. The van der Waals surface area contributed by atoms with Crippen LogP contribution in [0.5, 0.6) is 0 Å². The van der Waals surface area contributed by atoms with Gasteiger partial charge in [0.1, 0.15) is 24.5 Å². The van der Waals surface area contributed by atoms with Gasteiger partial charge in [0, 0.05) is 12.3 Å². The Morgan fingerprint density at radius 3 is 2.83 bits per heavy atom. The summed E-state index contributed by atoms with van der Waals surface area (Å²) in [6.45, 7) is -0.208. The lowest BCUT2D eigenvalue weighted by atomic mass is 10.1. The number of carboxylic acids is 1. The van der Waals surface area contributed by atoms with Crippen LogP contribution >= 0.6 is 12.2 Å². The summed E-state index contributed by atoms with van der Waals surface area (Å²) in [5, 5.41) is 28.7. The molecule has 0 amide bonds. The summed E-state index contributed by atoms with van der Waals surface area (Å²) >= 11 is 4.98. The number of aliphatic carboxylic acids is 1. The minimum atomic E-state index is -1.31. The van der Waals surface area contributed by atoms with Gasteiger partial charge >= 0.3 is 5.97 Å². The molecule has 0 saturated carbocycles. The maximum Gasteiger partial charge on any atom is 0.307 e. The molecule has 128 valence electrons. The predicted molar refractivity (Wildman–Crippen MR) is 78.0 cm³/mol. The van der Waals surface area contributed by atoms with Crippen LogP contribution in [0, 0.1) is 4.77 Å². The van der Waals surface area contributed by atoms with Crippen molar-refractivity contribution in [1.29, 1.82) is 0 Å². The van der Waals surface area contributed by atoms with Crippen LogP contribution in [-0.4, -0.2) is 62.0 Å². The van der Waals surface area contributed by atoms with E-state index in [1.807, 2.05) is 0 Å². The molecule has 1 fully saturated rings. The molecule has 1 aliphatic heterocycles. The van der Waals surface area contributed by atoms with Gasteiger partial charge in [-0.1, -0.05) is 0 Å². The maximum absolute atomic E-state index is 11.2. The molecule has 1 aromatic rings. The summed E-state index contributed by atoms with van der Waals surface area (Å²) in [4.78, 5) is 24.0. The van der Waals surface area contributed by atoms with Gasteiger partial charge in [-0.15, -0.1) is 0 Å². The number of hydrogen-bond acceptors (Lipinski definition) is 8. The van der Waals surface area contributed by atoms with E-state index in [0.717, 1.165) is 0 Å². The number of nitrogens with one attached hydrogen (secondary N) is 1. The smallest absolute Gasteiger partial charge is 0.307 e. The second-order valence-electron chi connectivity index (χ2n) is 5.03. The first-order chi connectivity index (χ1) is 10.8. The minimum absolute atomic E-state index is 0.0258. The zero-order chi connectivity index (χ0) is 17.1. The second kappa shape index (κ2) is 7.29. The van der Waals surface area contributed by atoms with E-state index in [1.165, 1.54) is 16.8 Å². The van der Waals surface area contributed by atoms with Gasteiger partial charge in [0.25, 0.3) is 5.56 Å². The van der Waals surface area contributed by atoms with Crippen molar-refractivity contribution < 1.29 is 29.6 Å². The van der Waals surface area contributed by atoms with Crippen LogP contribution in [0.15, 0.2) is 17.1 Å². The van der Waals surface area contributed by atoms with Gasteiger partial charge in [-0.2, -0.15) is 0 Å². The molecule has 2 rings (SSSR count). The predicted octanol–water partition coefficient (Wildman–Crippen LogP) is -1.70. The number of aliphatic hydroxyl groups is 2. The van der Waals surface area contributed by atoms with Crippen LogP contribution in [0.2, 0.25) is 0 Å². The summed E-state index contributed by atoms with van der Waals surface area (Å²) in [6.07, 6.45) is -4.67. The van der Waals surface area contributed by atoms with Crippen LogP contribution in [-0.2, 0) is 14.3 Å². The maximum atomic E-state index is 11.2. The molecule has 1 saturated heterocycles. The molecule has 0 aromatic carbocycles. The highest BCUT2D eigenvalue weighted by Crippen LogP contribution is 2.29. The Morgan fingerprint density at radius 2 is 2.22 bits per heavy atom. The lowest BCUT2D eigenvalue weighted by Gasteiger charge is -2.18. The van der Waals surface area contributed by atoms with Gasteiger partial charge in [-0.3, -0.25) is 19.1 Å². The molecule has 23 heavy (non-hydrogen) atoms. The number of nitrogens with two attached hydrogens (primary N) is 1.